The van der Waals surface area contributed by atoms with Gasteiger partial charge in [0.25, 0.3) is 0 Å². The Labute approximate surface area is 121 Å². The van der Waals surface area contributed by atoms with Crippen LogP contribution >= 0.6 is 0 Å². The van der Waals surface area contributed by atoms with Gasteiger partial charge in [0.05, 0.1) is 0 Å². The van der Waals surface area contributed by atoms with Crippen molar-refractivity contribution in [2.45, 2.75) is 85.6 Å². The first-order chi connectivity index (χ1) is 8.89. The summed E-state index contributed by atoms with van der Waals surface area (Å²) >= 11 is 0. The molecule has 0 aromatic rings. The molecule has 0 spiro atoms. The molecule has 0 aliphatic heterocycles. The Hall–Kier alpha value is -0.0800. The van der Waals surface area contributed by atoms with Crippen molar-refractivity contribution in [2.24, 2.45) is 5.41 Å². The van der Waals surface area contributed by atoms with Gasteiger partial charge in [-0.3, -0.25) is 0 Å². The highest BCUT2D eigenvalue weighted by atomic mass is 16.5. The lowest BCUT2D eigenvalue weighted by atomic mass is 9.76. The molecule has 0 rings (SSSR count). The van der Waals surface area contributed by atoms with Crippen LogP contribution in [0.25, 0.3) is 0 Å². The molecule has 0 saturated heterocycles. The fourth-order valence-corrected chi connectivity index (χ4v) is 2.48. The number of hydrogen-bond acceptors (Lipinski definition) is 2. The van der Waals surface area contributed by atoms with Gasteiger partial charge < -0.3 is 10.1 Å². The average Bonchev–Trinajstić information content (AvgIpc) is 2.36. The van der Waals surface area contributed by atoms with Crippen LogP contribution in [-0.2, 0) is 4.74 Å². The molecule has 1 unspecified atom stereocenters. The van der Waals surface area contributed by atoms with E-state index >= 15 is 0 Å². The minimum Gasteiger partial charge on any atom is -0.382 e. The second kappa shape index (κ2) is 9.77. The van der Waals surface area contributed by atoms with E-state index in [4.69, 9.17) is 4.74 Å². The number of ether oxygens (including phenoxy) is 1. The van der Waals surface area contributed by atoms with Crippen LogP contribution in [0, 0.1) is 5.41 Å². The van der Waals surface area contributed by atoms with Crippen molar-refractivity contribution in [3.05, 3.63) is 0 Å². The molecule has 0 saturated carbocycles. The molecule has 1 N–H and O–H groups in total. The fraction of sp³-hybridized carbons (Fsp3) is 1.00. The van der Waals surface area contributed by atoms with E-state index in [1.807, 2.05) is 0 Å². The molecule has 0 aromatic heterocycles. The van der Waals surface area contributed by atoms with E-state index in [-0.39, 0.29) is 5.54 Å². The zero-order chi connectivity index (χ0) is 14.8. The van der Waals surface area contributed by atoms with E-state index in [9.17, 15) is 0 Å². The van der Waals surface area contributed by atoms with Gasteiger partial charge in [-0.05, 0) is 58.8 Å². The second-order valence-corrected chi connectivity index (χ2v) is 6.86. The molecule has 0 heterocycles. The highest BCUT2D eigenvalue weighted by Crippen LogP contribution is 2.34. The van der Waals surface area contributed by atoms with E-state index < -0.39 is 0 Å². The molecule has 2 heteroatoms. The summed E-state index contributed by atoms with van der Waals surface area (Å²) in [5.74, 6) is 0. The molecule has 2 nitrogen and oxygen atoms in total. The molecule has 1 atom stereocenters. The van der Waals surface area contributed by atoms with Gasteiger partial charge >= 0.3 is 0 Å². The summed E-state index contributed by atoms with van der Waals surface area (Å²) in [6, 6.07) is 0. The van der Waals surface area contributed by atoms with Crippen LogP contribution in [0.2, 0.25) is 0 Å². The summed E-state index contributed by atoms with van der Waals surface area (Å²) in [6.07, 6.45) is 7.72. The van der Waals surface area contributed by atoms with Gasteiger partial charge in [0, 0.05) is 25.3 Å². The Balaban J connectivity index is 4.40. The molecule has 0 fully saturated rings. The largest absolute Gasteiger partial charge is 0.382 e. The molecule has 0 radical (unpaired) electrons. The third-order valence-corrected chi connectivity index (χ3v) is 4.00. The normalized spacial score (nSPS) is 15.5. The van der Waals surface area contributed by atoms with Gasteiger partial charge in [0.15, 0.2) is 0 Å². The topological polar surface area (TPSA) is 21.3 Å². The standard InChI is InChI=1S/C17H37NO/c1-7-10-12-17(8-2,13-11-14-19-9-3)15-18-16(4,5)6/h18H,7-15H2,1-6H3. The smallest absolute Gasteiger partial charge is 0.0466 e. The summed E-state index contributed by atoms with van der Waals surface area (Å²) in [7, 11) is 0. The van der Waals surface area contributed by atoms with Gasteiger partial charge in [-0.25, -0.2) is 0 Å². The first-order valence-electron chi connectivity index (χ1n) is 8.22. The molecule has 0 bridgehead atoms. The molecule has 116 valence electrons. The van der Waals surface area contributed by atoms with Crippen molar-refractivity contribution < 1.29 is 4.74 Å². The Bertz CT molecular complexity index is 210. The van der Waals surface area contributed by atoms with Crippen molar-refractivity contribution in [1.29, 1.82) is 0 Å². The molecule has 0 aliphatic carbocycles. The minimum absolute atomic E-state index is 0.215. The average molecular weight is 271 g/mol. The summed E-state index contributed by atoms with van der Waals surface area (Å²) in [5, 5.41) is 3.72. The lowest BCUT2D eigenvalue weighted by Gasteiger charge is -2.36. The number of rotatable bonds is 11. The van der Waals surface area contributed by atoms with Crippen molar-refractivity contribution in [1.82, 2.24) is 5.32 Å². The van der Waals surface area contributed by atoms with Crippen LogP contribution in [0.15, 0.2) is 0 Å². The van der Waals surface area contributed by atoms with Crippen LogP contribution in [-0.4, -0.2) is 25.3 Å². The first-order valence-corrected chi connectivity index (χ1v) is 8.22. The lowest BCUT2D eigenvalue weighted by Crippen LogP contribution is -2.44. The highest BCUT2D eigenvalue weighted by Gasteiger charge is 2.28. The molecule has 19 heavy (non-hydrogen) atoms. The Morgan fingerprint density at radius 1 is 0.947 bits per heavy atom. The van der Waals surface area contributed by atoms with Crippen LogP contribution < -0.4 is 5.32 Å². The summed E-state index contributed by atoms with van der Waals surface area (Å²) in [5.41, 5.74) is 0.674. The Morgan fingerprint density at radius 2 is 1.58 bits per heavy atom. The predicted molar refractivity (Wildman–Crippen MR) is 85.7 cm³/mol. The minimum atomic E-state index is 0.215. The van der Waals surface area contributed by atoms with Crippen LogP contribution in [0.4, 0.5) is 0 Å². The number of nitrogens with one attached hydrogen (secondary N) is 1. The van der Waals surface area contributed by atoms with E-state index in [0.29, 0.717) is 5.41 Å². The molecule has 0 aromatic carbocycles. The van der Waals surface area contributed by atoms with Crippen molar-refractivity contribution >= 4 is 0 Å². The maximum absolute atomic E-state index is 5.50. The third kappa shape index (κ3) is 9.45. The predicted octanol–water partition coefficient (Wildman–Crippen LogP) is 4.78. The maximum atomic E-state index is 5.50. The molecular formula is C17H37NO. The van der Waals surface area contributed by atoms with Gasteiger partial charge in [0.2, 0.25) is 0 Å². The summed E-state index contributed by atoms with van der Waals surface area (Å²) < 4.78 is 5.50. The number of hydrogen-bond donors (Lipinski definition) is 1. The maximum Gasteiger partial charge on any atom is 0.0466 e. The zero-order valence-electron chi connectivity index (χ0n) is 14.3. The zero-order valence-corrected chi connectivity index (χ0v) is 14.3. The van der Waals surface area contributed by atoms with E-state index in [1.54, 1.807) is 0 Å². The van der Waals surface area contributed by atoms with Gasteiger partial charge in [-0.1, -0.05) is 26.7 Å². The van der Waals surface area contributed by atoms with Crippen molar-refractivity contribution in [2.75, 3.05) is 19.8 Å². The second-order valence-electron chi connectivity index (χ2n) is 6.86. The molecule has 0 amide bonds. The van der Waals surface area contributed by atoms with Gasteiger partial charge in [0.1, 0.15) is 0 Å². The summed E-state index contributed by atoms with van der Waals surface area (Å²) in [4.78, 5) is 0. The Morgan fingerprint density at radius 3 is 2.05 bits per heavy atom. The Kier molecular flexibility index (Phi) is 9.72. The first kappa shape index (κ1) is 18.9. The third-order valence-electron chi connectivity index (χ3n) is 4.00. The summed E-state index contributed by atoms with van der Waals surface area (Å²) in [6.45, 7) is 16.4. The van der Waals surface area contributed by atoms with E-state index in [0.717, 1.165) is 19.8 Å². The lowest BCUT2D eigenvalue weighted by molar-refractivity contribution is 0.117. The van der Waals surface area contributed by atoms with Gasteiger partial charge in [-0.2, -0.15) is 0 Å². The van der Waals surface area contributed by atoms with Crippen molar-refractivity contribution in [3.63, 3.8) is 0 Å². The number of unbranched alkanes of at least 4 members (excludes halogenated alkanes) is 1. The van der Waals surface area contributed by atoms with Crippen LogP contribution in [0.1, 0.15) is 80.1 Å². The van der Waals surface area contributed by atoms with Gasteiger partial charge in [-0.15, -0.1) is 0 Å². The van der Waals surface area contributed by atoms with Crippen molar-refractivity contribution in [3.8, 4) is 0 Å². The molecular weight excluding hydrogens is 234 g/mol. The van der Waals surface area contributed by atoms with Crippen LogP contribution in [0.5, 0.6) is 0 Å². The highest BCUT2D eigenvalue weighted by molar-refractivity contribution is 4.84. The SMILES string of the molecule is CCCCC(CC)(CCCOCC)CNC(C)(C)C. The van der Waals surface area contributed by atoms with E-state index in [1.165, 1.54) is 38.5 Å². The monoisotopic (exact) mass is 271 g/mol. The molecule has 0 aliphatic rings. The van der Waals surface area contributed by atoms with E-state index in [2.05, 4.69) is 46.9 Å². The fourth-order valence-electron chi connectivity index (χ4n) is 2.48. The quantitative estimate of drug-likeness (QED) is 0.546. The van der Waals surface area contributed by atoms with Crippen LogP contribution in [0.3, 0.4) is 0 Å².